The molecule has 164 valence electrons. The highest BCUT2D eigenvalue weighted by molar-refractivity contribution is 7.89. The molecule has 2 rings (SSSR count). The summed E-state index contributed by atoms with van der Waals surface area (Å²) in [6.07, 6.45) is 3.07. The van der Waals surface area contributed by atoms with E-state index in [1.807, 2.05) is 6.92 Å². The summed E-state index contributed by atoms with van der Waals surface area (Å²) in [6.45, 7) is 7.02. The summed E-state index contributed by atoms with van der Waals surface area (Å²) in [7, 11) is -0.666. The summed E-state index contributed by atoms with van der Waals surface area (Å²) >= 11 is 0. The Kier molecular flexibility index (Phi) is 8.34. The zero-order chi connectivity index (χ0) is 21.6. The number of carbonyl (C=O) groups is 1. The highest BCUT2D eigenvalue weighted by Gasteiger charge is 2.32. The number of ether oxygens (including phenoxy) is 2. The predicted molar refractivity (Wildman–Crippen MR) is 113 cm³/mol. The van der Waals surface area contributed by atoms with Crippen LogP contribution in [0.15, 0.2) is 23.1 Å². The van der Waals surface area contributed by atoms with Crippen LogP contribution in [0, 0.1) is 11.8 Å². The van der Waals surface area contributed by atoms with Crippen LogP contribution < -0.4 is 14.8 Å². The zero-order valence-electron chi connectivity index (χ0n) is 18.1. The molecule has 1 unspecified atom stereocenters. The summed E-state index contributed by atoms with van der Waals surface area (Å²) < 4.78 is 37.8. The molecule has 1 amide bonds. The van der Waals surface area contributed by atoms with Gasteiger partial charge in [0.15, 0.2) is 11.5 Å². The Balaban J connectivity index is 1.96. The lowest BCUT2D eigenvalue weighted by molar-refractivity contribution is -0.126. The van der Waals surface area contributed by atoms with Crippen molar-refractivity contribution in [2.45, 2.75) is 57.4 Å². The Morgan fingerprint density at radius 1 is 1.10 bits per heavy atom. The lowest BCUT2D eigenvalue weighted by Crippen LogP contribution is -2.44. The van der Waals surface area contributed by atoms with Crippen LogP contribution in [0.2, 0.25) is 0 Å². The van der Waals surface area contributed by atoms with Gasteiger partial charge < -0.3 is 14.8 Å². The predicted octanol–water partition coefficient (Wildman–Crippen LogP) is 3.05. The van der Waals surface area contributed by atoms with Crippen molar-refractivity contribution < 1.29 is 22.7 Å². The largest absolute Gasteiger partial charge is 0.493 e. The molecule has 29 heavy (non-hydrogen) atoms. The number of carbonyl (C=O) groups excluding carboxylic acids is 1. The van der Waals surface area contributed by atoms with Crippen molar-refractivity contribution in [3.8, 4) is 11.5 Å². The molecule has 7 nitrogen and oxygen atoms in total. The molecule has 0 bridgehead atoms. The standard InChI is InChI=1S/C21H34N2O5S/c1-15(2)6-7-16(3)22-21(24)17-10-12-23(13-11-17)29(25,26)18-8-9-19(27-4)20(14-18)28-5/h8-9,14-17H,6-7,10-13H2,1-5H3,(H,22,24). The Bertz CT molecular complexity index is 786. The van der Waals surface area contributed by atoms with Crippen molar-refractivity contribution in [2.24, 2.45) is 11.8 Å². The second-order valence-corrected chi connectivity index (χ2v) is 10.0. The van der Waals surface area contributed by atoms with E-state index in [1.165, 1.54) is 30.7 Å². The van der Waals surface area contributed by atoms with Gasteiger partial charge >= 0.3 is 0 Å². The van der Waals surface area contributed by atoms with Gasteiger partial charge in [0.2, 0.25) is 15.9 Å². The highest BCUT2D eigenvalue weighted by atomic mass is 32.2. The fourth-order valence-electron chi connectivity index (χ4n) is 3.50. The Labute approximate surface area is 174 Å². The monoisotopic (exact) mass is 426 g/mol. The molecule has 1 saturated heterocycles. The van der Waals surface area contributed by atoms with E-state index in [4.69, 9.17) is 9.47 Å². The van der Waals surface area contributed by atoms with Crippen molar-refractivity contribution in [1.82, 2.24) is 9.62 Å². The molecule has 1 heterocycles. The van der Waals surface area contributed by atoms with Crippen LogP contribution in [0.3, 0.4) is 0 Å². The van der Waals surface area contributed by atoms with E-state index in [0.717, 1.165) is 12.8 Å². The first-order valence-electron chi connectivity index (χ1n) is 10.2. The number of benzene rings is 1. The molecule has 0 aliphatic carbocycles. The van der Waals surface area contributed by atoms with E-state index in [-0.39, 0.29) is 22.8 Å². The van der Waals surface area contributed by atoms with E-state index in [9.17, 15) is 13.2 Å². The fourth-order valence-corrected chi connectivity index (χ4v) is 4.99. The molecule has 0 spiro atoms. The van der Waals surface area contributed by atoms with Gasteiger partial charge in [0.25, 0.3) is 0 Å². The molecule has 1 N–H and O–H groups in total. The minimum atomic E-state index is -3.64. The van der Waals surface area contributed by atoms with Crippen LogP contribution in [0.25, 0.3) is 0 Å². The van der Waals surface area contributed by atoms with Crippen LogP contribution in [0.5, 0.6) is 11.5 Å². The summed E-state index contributed by atoms with van der Waals surface area (Å²) in [4.78, 5) is 12.7. The lowest BCUT2D eigenvalue weighted by atomic mass is 9.96. The van der Waals surface area contributed by atoms with E-state index in [1.54, 1.807) is 6.07 Å². The first kappa shape index (κ1) is 23.5. The maximum absolute atomic E-state index is 13.0. The third-order valence-electron chi connectivity index (χ3n) is 5.38. The smallest absolute Gasteiger partial charge is 0.243 e. The van der Waals surface area contributed by atoms with E-state index in [0.29, 0.717) is 43.3 Å². The number of nitrogens with zero attached hydrogens (tertiary/aromatic N) is 1. The first-order chi connectivity index (χ1) is 13.7. The van der Waals surface area contributed by atoms with Crippen molar-refractivity contribution >= 4 is 15.9 Å². The molecular formula is C21H34N2O5S. The summed E-state index contributed by atoms with van der Waals surface area (Å²) in [5, 5.41) is 3.08. The van der Waals surface area contributed by atoms with Crippen LogP contribution in [-0.4, -0.2) is 52.0 Å². The zero-order valence-corrected chi connectivity index (χ0v) is 18.9. The van der Waals surface area contributed by atoms with Gasteiger partial charge in [-0.25, -0.2) is 8.42 Å². The molecule has 0 radical (unpaired) electrons. The quantitative estimate of drug-likeness (QED) is 0.656. The number of hydrogen-bond acceptors (Lipinski definition) is 5. The van der Waals surface area contributed by atoms with Gasteiger partial charge in [0, 0.05) is 31.1 Å². The lowest BCUT2D eigenvalue weighted by Gasteiger charge is -2.31. The Morgan fingerprint density at radius 2 is 1.72 bits per heavy atom. The maximum Gasteiger partial charge on any atom is 0.243 e. The van der Waals surface area contributed by atoms with E-state index >= 15 is 0 Å². The summed E-state index contributed by atoms with van der Waals surface area (Å²) in [6, 6.07) is 4.72. The molecular weight excluding hydrogens is 392 g/mol. The average Bonchev–Trinajstić information content (AvgIpc) is 2.71. The number of sulfonamides is 1. The third kappa shape index (κ3) is 6.09. The fraction of sp³-hybridized carbons (Fsp3) is 0.667. The van der Waals surface area contributed by atoms with Gasteiger partial charge in [-0.1, -0.05) is 13.8 Å². The van der Waals surface area contributed by atoms with Crippen LogP contribution >= 0.6 is 0 Å². The van der Waals surface area contributed by atoms with Gasteiger partial charge in [-0.3, -0.25) is 4.79 Å². The number of rotatable bonds is 9. The molecule has 8 heteroatoms. The van der Waals surface area contributed by atoms with E-state index < -0.39 is 10.0 Å². The topological polar surface area (TPSA) is 84.9 Å². The molecule has 1 aliphatic rings. The SMILES string of the molecule is COc1ccc(S(=O)(=O)N2CCC(C(=O)NC(C)CCC(C)C)CC2)cc1OC. The van der Waals surface area contributed by atoms with Crippen molar-refractivity contribution in [3.63, 3.8) is 0 Å². The van der Waals surface area contributed by atoms with Gasteiger partial charge in [-0.15, -0.1) is 0 Å². The number of hydrogen-bond donors (Lipinski definition) is 1. The van der Waals surface area contributed by atoms with E-state index in [2.05, 4.69) is 19.2 Å². The molecule has 1 atom stereocenters. The molecule has 1 aromatic carbocycles. The van der Waals surface area contributed by atoms with Crippen LogP contribution in [-0.2, 0) is 14.8 Å². The van der Waals surface area contributed by atoms with Crippen molar-refractivity contribution in [2.75, 3.05) is 27.3 Å². The van der Waals surface area contributed by atoms with Crippen LogP contribution in [0.1, 0.15) is 46.5 Å². The minimum absolute atomic E-state index is 0.0319. The maximum atomic E-state index is 13.0. The van der Waals surface area contributed by atoms with Gasteiger partial charge in [0.1, 0.15) is 0 Å². The molecule has 0 saturated carbocycles. The summed E-state index contributed by atoms with van der Waals surface area (Å²) in [5.74, 6) is 1.35. The number of methoxy groups -OCH3 is 2. The van der Waals surface area contributed by atoms with Crippen molar-refractivity contribution in [3.05, 3.63) is 18.2 Å². The van der Waals surface area contributed by atoms with Crippen LogP contribution in [0.4, 0.5) is 0 Å². The second-order valence-electron chi connectivity index (χ2n) is 8.08. The second kappa shape index (κ2) is 10.3. The Morgan fingerprint density at radius 3 is 2.28 bits per heavy atom. The minimum Gasteiger partial charge on any atom is -0.493 e. The number of piperidine rings is 1. The average molecular weight is 427 g/mol. The molecule has 1 aromatic rings. The van der Waals surface area contributed by atoms with Gasteiger partial charge in [-0.2, -0.15) is 4.31 Å². The normalized spacial score (nSPS) is 17.2. The number of nitrogens with one attached hydrogen (secondary N) is 1. The highest BCUT2D eigenvalue weighted by Crippen LogP contribution is 2.32. The number of amides is 1. The molecule has 0 aromatic heterocycles. The summed E-state index contributed by atoms with van der Waals surface area (Å²) in [5.41, 5.74) is 0. The molecule has 1 fully saturated rings. The molecule has 1 aliphatic heterocycles. The Hall–Kier alpha value is -1.80. The van der Waals surface area contributed by atoms with Gasteiger partial charge in [0.05, 0.1) is 19.1 Å². The van der Waals surface area contributed by atoms with Gasteiger partial charge in [-0.05, 0) is 50.7 Å². The van der Waals surface area contributed by atoms with Crippen molar-refractivity contribution in [1.29, 1.82) is 0 Å². The third-order valence-corrected chi connectivity index (χ3v) is 7.28. The first-order valence-corrected chi connectivity index (χ1v) is 11.7.